The van der Waals surface area contributed by atoms with Gasteiger partial charge in [-0.15, -0.1) is 0 Å². The van der Waals surface area contributed by atoms with Crippen LogP contribution in [0.4, 0.5) is 0 Å². The van der Waals surface area contributed by atoms with Crippen molar-refractivity contribution in [3.63, 3.8) is 0 Å². The van der Waals surface area contributed by atoms with Gasteiger partial charge in [0, 0.05) is 74.7 Å². The first-order valence-corrected chi connectivity index (χ1v) is 29.6. The molecule has 13 rings (SSSR count). The molecule has 1 saturated heterocycles. The number of hydrogen-bond donors (Lipinski definition) is 0. The number of fused-ring (bicyclic) bond motifs is 10. The summed E-state index contributed by atoms with van der Waals surface area (Å²) >= 11 is 10.3. The molecular weight excluding hydrogens is 909 g/mol. The molecule has 314 valence electrons. The van der Waals surface area contributed by atoms with Crippen LogP contribution in [0.1, 0.15) is 87.1 Å². The predicted molar refractivity (Wildman–Crippen MR) is 251 cm³/mol. The molecule has 4 bridgehead atoms. The summed E-state index contributed by atoms with van der Waals surface area (Å²) in [5, 5.41) is 4.89. The number of hydrogen-bond acceptors (Lipinski definition) is 7. The number of benzene rings is 2. The van der Waals surface area contributed by atoms with Gasteiger partial charge in [-0.2, -0.15) is 12.3 Å². The second-order valence-corrected chi connectivity index (χ2v) is 18.0. The van der Waals surface area contributed by atoms with Crippen LogP contribution in [-0.2, 0) is 21.1 Å². The Morgan fingerprint density at radius 3 is 1.73 bits per heavy atom. The first kappa shape index (κ1) is 43.3. The SMILES string of the molecule is C1CCOC1.Cc1ccc2c(n1)oc1c(-c3cc(C4CC5CCC4C5)ccn3)cccc12.Cc1ccc2c(n1)oc1c(-c3cc(Cl)ccn3)cccc12.[CH-]1CC2CCC1C2.[Zn+][Br]. The average molecular weight is 962 g/mol. The van der Waals surface area contributed by atoms with Crippen molar-refractivity contribution in [2.45, 2.75) is 84.0 Å². The van der Waals surface area contributed by atoms with Gasteiger partial charge < -0.3 is 20.0 Å². The van der Waals surface area contributed by atoms with E-state index in [0.29, 0.717) is 22.4 Å². The Labute approximate surface area is 385 Å². The van der Waals surface area contributed by atoms with Gasteiger partial charge in [0.05, 0.1) is 11.4 Å². The Morgan fingerprint density at radius 2 is 1.26 bits per heavy atom. The number of aromatic nitrogens is 4. The molecule has 1 aliphatic heterocycles. The maximum absolute atomic E-state index is 6.18. The van der Waals surface area contributed by atoms with Crippen LogP contribution in [-0.4, -0.2) is 33.1 Å². The van der Waals surface area contributed by atoms with Crippen LogP contribution in [0, 0.1) is 43.9 Å². The van der Waals surface area contributed by atoms with Crippen molar-refractivity contribution in [1.82, 2.24) is 19.9 Å². The quantitative estimate of drug-likeness (QED) is 0.129. The number of ether oxygens (including phenoxy) is 1. The second-order valence-electron chi connectivity index (χ2n) is 17.5. The van der Waals surface area contributed by atoms with E-state index in [4.69, 9.17) is 30.2 Å². The normalized spacial score (nSPS) is 21.9. The molecule has 5 atom stereocenters. The molecule has 5 fully saturated rings. The topological polar surface area (TPSA) is 87.1 Å². The molecule has 5 unspecified atom stereocenters. The summed E-state index contributed by atoms with van der Waals surface area (Å²) in [6.45, 7) is 5.94. The van der Waals surface area contributed by atoms with E-state index in [2.05, 4.69) is 71.4 Å². The van der Waals surface area contributed by atoms with E-state index in [9.17, 15) is 0 Å². The van der Waals surface area contributed by atoms with Crippen molar-refractivity contribution in [3.8, 4) is 22.5 Å². The standard InChI is InChI=1S/C24H22N2O.C17H11ClN2O.C7H11.C4H8O.BrH.Zn/c1-14-5-8-19-18-3-2-4-20(23(18)27-24(19)26-14)22-13-17(9-10-25-22)21-12-15-6-7-16(21)11-15;1-10-5-6-13-12-3-2-4-14(16(12)21-17(13)20-10)15-9-11(18)7-8-19-15;1-2-7-4-3-6(1)5-7;1-2-4-5-3-1;;/h2-5,8-10,13,15-16,21H,6-7,11-12H2,1H3;2-9H,1H3;1,6-7H,2-5H2;1-4H2;1H;/q;;-1;;;+2/p-1. The third-order valence-corrected chi connectivity index (χ3v) is 13.7. The van der Waals surface area contributed by atoms with Crippen LogP contribution in [0.25, 0.3) is 66.7 Å². The van der Waals surface area contributed by atoms with Gasteiger partial charge in [-0.05, 0) is 130 Å². The Hall–Kier alpha value is -4.01. The monoisotopic (exact) mass is 958 g/mol. The Kier molecular flexibility index (Phi) is 13.8. The molecular formula is C52H52BrClN4O3Zn. The molecule has 5 aliphatic rings. The molecule has 0 N–H and O–H groups in total. The number of halogens is 2. The van der Waals surface area contributed by atoms with Crippen molar-refractivity contribution in [3.05, 3.63) is 126 Å². The minimum absolute atomic E-state index is 0.652. The number of furan rings is 2. The molecule has 6 aromatic heterocycles. The molecule has 7 heterocycles. The van der Waals surface area contributed by atoms with E-state index in [1.54, 1.807) is 12.3 Å². The van der Waals surface area contributed by atoms with Crippen LogP contribution in [0.5, 0.6) is 0 Å². The third kappa shape index (κ3) is 9.43. The summed E-state index contributed by atoms with van der Waals surface area (Å²) in [6.07, 6.45) is 20.3. The van der Waals surface area contributed by atoms with E-state index < -0.39 is 0 Å². The summed E-state index contributed by atoms with van der Waals surface area (Å²) in [5.74, 6) is 4.70. The zero-order valence-corrected chi connectivity index (χ0v) is 41.0. The fourth-order valence-electron chi connectivity index (χ4n) is 10.4. The van der Waals surface area contributed by atoms with E-state index in [0.717, 1.165) is 103 Å². The molecule has 0 radical (unpaired) electrons. The van der Waals surface area contributed by atoms with Gasteiger partial charge in [0.15, 0.2) is 0 Å². The second kappa shape index (κ2) is 19.8. The maximum atomic E-state index is 6.18. The molecule has 10 heteroatoms. The average Bonchev–Trinajstić information content (AvgIpc) is 4.18. The first-order chi connectivity index (χ1) is 30.4. The fourth-order valence-corrected chi connectivity index (χ4v) is 10.6. The van der Waals surface area contributed by atoms with Crippen molar-refractivity contribution in [2.75, 3.05) is 13.2 Å². The summed E-state index contributed by atoms with van der Waals surface area (Å²) in [5.41, 5.74) is 10.2. The van der Waals surface area contributed by atoms with Gasteiger partial charge in [-0.25, -0.2) is 9.97 Å². The number of aryl methyl sites for hydroxylation is 2. The van der Waals surface area contributed by atoms with Crippen LogP contribution >= 0.6 is 25.2 Å². The van der Waals surface area contributed by atoms with E-state index >= 15 is 0 Å². The van der Waals surface area contributed by atoms with Crippen LogP contribution in [0.15, 0.2) is 106 Å². The van der Waals surface area contributed by atoms with Crippen molar-refractivity contribution in [1.29, 1.82) is 0 Å². The van der Waals surface area contributed by atoms with Crippen molar-refractivity contribution >= 4 is 69.4 Å². The van der Waals surface area contributed by atoms with Crippen molar-refractivity contribution in [2.24, 2.45) is 23.7 Å². The molecule has 7 nitrogen and oxygen atoms in total. The summed E-state index contributed by atoms with van der Waals surface area (Å²) in [7, 11) is 0. The van der Waals surface area contributed by atoms with Gasteiger partial charge in [0.1, 0.15) is 11.2 Å². The number of rotatable bonds is 3. The van der Waals surface area contributed by atoms with E-state index in [-0.39, 0.29) is 0 Å². The Bertz CT molecular complexity index is 2780. The van der Waals surface area contributed by atoms with E-state index in [1.807, 2.05) is 62.5 Å². The van der Waals surface area contributed by atoms with Gasteiger partial charge in [0.2, 0.25) is 11.4 Å². The Morgan fingerprint density at radius 1 is 0.645 bits per heavy atom. The van der Waals surface area contributed by atoms with Gasteiger partial charge >= 0.3 is 30.0 Å². The van der Waals surface area contributed by atoms with Crippen LogP contribution in [0.3, 0.4) is 0 Å². The third-order valence-electron chi connectivity index (χ3n) is 13.4. The first-order valence-electron chi connectivity index (χ1n) is 22.3. The fraction of sp³-hybridized carbons (Fsp3) is 0.365. The summed E-state index contributed by atoms with van der Waals surface area (Å²) in [4.78, 5) is 18.1. The molecule has 8 aromatic rings. The molecule has 62 heavy (non-hydrogen) atoms. The van der Waals surface area contributed by atoms with Crippen LogP contribution < -0.4 is 0 Å². The van der Waals surface area contributed by atoms with Gasteiger partial charge in [-0.3, -0.25) is 9.97 Å². The van der Waals surface area contributed by atoms with Gasteiger partial charge in [0.25, 0.3) is 0 Å². The summed E-state index contributed by atoms with van der Waals surface area (Å²) < 4.78 is 17.1. The number of nitrogens with zero attached hydrogens (tertiary/aromatic N) is 4. The van der Waals surface area contributed by atoms with E-state index in [1.165, 1.54) is 86.1 Å². The number of pyridine rings is 4. The molecule has 4 saturated carbocycles. The molecule has 4 aliphatic carbocycles. The number of para-hydroxylation sites is 2. The Balaban J connectivity index is 0.000000122. The minimum atomic E-state index is 0.652. The van der Waals surface area contributed by atoms with Crippen LogP contribution in [0.2, 0.25) is 5.02 Å². The predicted octanol–water partition coefficient (Wildman–Crippen LogP) is 14.9. The summed E-state index contributed by atoms with van der Waals surface area (Å²) in [6, 6.07) is 28.6. The van der Waals surface area contributed by atoms with Gasteiger partial charge in [-0.1, -0.05) is 67.5 Å². The zero-order chi connectivity index (χ0) is 42.6. The molecule has 0 amide bonds. The molecule has 0 spiro atoms. The van der Waals surface area contributed by atoms with Crippen molar-refractivity contribution < 1.29 is 29.9 Å². The molecule has 2 aromatic carbocycles. The zero-order valence-electron chi connectivity index (χ0n) is 35.7.